The molecule has 1 atom stereocenters. The fourth-order valence-electron chi connectivity index (χ4n) is 2.10. The number of aryl methyl sites for hydroxylation is 1. The van der Waals surface area contributed by atoms with E-state index in [1.165, 1.54) is 17.2 Å². The van der Waals surface area contributed by atoms with Crippen LogP contribution in [0, 0.1) is 6.92 Å². The molecule has 0 spiro atoms. The first kappa shape index (κ1) is 14.3. The number of rotatable bonds is 6. The van der Waals surface area contributed by atoms with Crippen LogP contribution >= 0.6 is 0 Å². The van der Waals surface area contributed by atoms with Crippen LogP contribution < -0.4 is 5.32 Å². The van der Waals surface area contributed by atoms with Gasteiger partial charge in [-0.25, -0.2) is 4.79 Å². The highest BCUT2D eigenvalue weighted by Crippen LogP contribution is 2.16. The number of benzene rings is 1. The molecule has 4 nitrogen and oxygen atoms in total. The van der Waals surface area contributed by atoms with Gasteiger partial charge in [-0.15, -0.1) is 0 Å². The highest BCUT2D eigenvalue weighted by molar-refractivity contribution is 5.84. The monoisotopic (exact) mass is 273 g/mol. The Kier molecular flexibility index (Phi) is 4.58. The first-order valence-electron chi connectivity index (χ1n) is 6.68. The van der Waals surface area contributed by atoms with Gasteiger partial charge in [0.2, 0.25) is 5.76 Å². The van der Waals surface area contributed by atoms with E-state index in [-0.39, 0.29) is 11.8 Å². The second kappa shape index (κ2) is 6.39. The molecule has 0 saturated carbocycles. The number of hydrogen-bond acceptors (Lipinski definition) is 3. The van der Waals surface area contributed by atoms with Crippen LogP contribution in [0.2, 0.25) is 0 Å². The van der Waals surface area contributed by atoms with Gasteiger partial charge in [-0.1, -0.05) is 29.8 Å². The maximum absolute atomic E-state index is 10.8. The van der Waals surface area contributed by atoms with Crippen LogP contribution in [-0.4, -0.2) is 17.6 Å². The lowest BCUT2D eigenvalue weighted by Gasteiger charge is -2.11. The molecular formula is C16H19NO3. The average molecular weight is 273 g/mol. The maximum Gasteiger partial charge on any atom is 0.371 e. The summed E-state index contributed by atoms with van der Waals surface area (Å²) in [6, 6.07) is 11.6. The number of hydrogen-bond donors (Lipinski definition) is 2. The summed E-state index contributed by atoms with van der Waals surface area (Å²) in [5.74, 6) is -0.415. The summed E-state index contributed by atoms with van der Waals surface area (Å²) >= 11 is 0. The standard InChI is InChI=1S/C16H19NO3/c1-11-4-3-5-13(10-11)8-9-17-12(2)14-6-7-15(20-14)16(18)19/h3-7,10,12,17H,8-9H2,1-2H3,(H,18,19). The van der Waals surface area contributed by atoms with Crippen LogP contribution in [0.25, 0.3) is 0 Å². The summed E-state index contributed by atoms with van der Waals surface area (Å²) in [5.41, 5.74) is 2.54. The molecule has 1 heterocycles. The topological polar surface area (TPSA) is 62.5 Å². The number of furan rings is 1. The second-order valence-electron chi connectivity index (χ2n) is 4.92. The van der Waals surface area contributed by atoms with Crippen molar-refractivity contribution in [1.29, 1.82) is 0 Å². The quantitative estimate of drug-likeness (QED) is 0.848. The molecular weight excluding hydrogens is 254 g/mol. The van der Waals surface area contributed by atoms with Crippen molar-refractivity contribution in [3.63, 3.8) is 0 Å². The molecule has 0 aliphatic carbocycles. The van der Waals surface area contributed by atoms with Crippen molar-refractivity contribution in [2.24, 2.45) is 0 Å². The molecule has 1 unspecified atom stereocenters. The van der Waals surface area contributed by atoms with Gasteiger partial charge < -0.3 is 14.8 Å². The van der Waals surface area contributed by atoms with Crippen molar-refractivity contribution < 1.29 is 14.3 Å². The summed E-state index contributed by atoms with van der Waals surface area (Å²) < 4.78 is 5.27. The van der Waals surface area contributed by atoms with Gasteiger partial charge >= 0.3 is 5.97 Å². The lowest BCUT2D eigenvalue weighted by molar-refractivity contribution is 0.0659. The van der Waals surface area contributed by atoms with Gasteiger partial charge in [0.25, 0.3) is 0 Å². The van der Waals surface area contributed by atoms with Gasteiger partial charge in [-0.3, -0.25) is 0 Å². The van der Waals surface area contributed by atoms with E-state index in [0.29, 0.717) is 5.76 Å². The van der Waals surface area contributed by atoms with E-state index in [1.54, 1.807) is 6.07 Å². The van der Waals surface area contributed by atoms with Crippen LogP contribution in [0.1, 0.15) is 40.4 Å². The van der Waals surface area contributed by atoms with E-state index in [2.05, 4.69) is 36.5 Å². The molecule has 0 amide bonds. The molecule has 2 N–H and O–H groups in total. The van der Waals surface area contributed by atoms with E-state index in [9.17, 15) is 4.79 Å². The summed E-state index contributed by atoms with van der Waals surface area (Å²) in [4.78, 5) is 10.8. The number of aromatic carboxylic acids is 1. The smallest absolute Gasteiger partial charge is 0.371 e. The number of nitrogens with one attached hydrogen (secondary N) is 1. The van der Waals surface area contributed by atoms with Crippen molar-refractivity contribution in [2.45, 2.75) is 26.3 Å². The number of carbonyl (C=O) groups is 1. The minimum atomic E-state index is -1.04. The van der Waals surface area contributed by atoms with Crippen LogP contribution in [0.3, 0.4) is 0 Å². The summed E-state index contributed by atoms with van der Waals surface area (Å²) in [5, 5.41) is 12.1. The third-order valence-electron chi connectivity index (χ3n) is 3.21. The second-order valence-corrected chi connectivity index (χ2v) is 4.92. The first-order valence-corrected chi connectivity index (χ1v) is 6.68. The van der Waals surface area contributed by atoms with E-state index >= 15 is 0 Å². The normalized spacial score (nSPS) is 12.3. The zero-order valence-electron chi connectivity index (χ0n) is 11.7. The van der Waals surface area contributed by atoms with Crippen molar-refractivity contribution in [1.82, 2.24) is 5.32 Å². The Bertz CT molecular complexity index is 589. The molecule has 20 heavy (non-hydrogen) atoms. The zero-order valence-corrected chi connectivity index (χ0v) is 11.7. The predicted octanol–water partition coefficient (Wildman–Crippen LogP) is 3.18. The Morgan fingerprint density at radius 2 is 2.15 bits per heavy atom. The highest BCUT2D eigenvalue weighted by atomic mass is 16.4. The summed E-state index contributed by atoms with van der Waals surface area (Å²) in [6.45, 7) is 4.85. The largest absolute Gasteiger partial charge is 0.475 e. The number of carboxylic acids is 1. The highest BCUT2D eigenvalue weighted by Gasteiger charge is 2.13. The lowest BCUT2D eigenvalue weighted by atomic mass is 10.1. The Labute approximate surface area is 118 Å². The van der Waals surface area contributed by atoms with Gasteiger partial charge in [-0.2, -0.15) is 0 Å². The molecule has 0 radical (unpaired) electrons. The molecule has 2 aromatic rings. The predicted molar refractivity (Wildman–Crippen MR) is 77.0 cm³/mol. The molecule has 0 saturated heterocycles. The Morgan fingerprint density at radius 1 is 1.35 bits per heavy atom. The molecule has 1 aromatic carbocycles. The fourth-order valence-corrected chi connectivity index (χ4v) is 2.10. The fraction of sp³-hybridized carbons (Fsp3) is 0.312. The summed E-state index contributed by atoms with van der Waals surface area (Å²) in [7, 11) is 0. The SMILES string of the molecule is Cc1cccc(CCNC(C)c2ccc(C(=O)O)o2)c1. The van der Waals surface area contributed by atoms with Gasteiger partial charge in [-0.05, 0) is 44.5 Å². The Hall–Kier alpha value is -2.07. The van der Waals surface area contributed by atoms with Gasteiger partial charge in [0.05, 0.1) is 6.04 Å². The molecule has 4 heteroatoms. The molecule has 0 bridgehead atoms. The maximum atomic E-state index is 10.8. The van der Waals surface area contributed by atoms with Crippen molar-refractivity contribution in [3.05, 3.63) is 59.0 Å². The van der Waals surface area contributed by atoms with Crippen LogP contribution in [0.5, 0.6) is 0 Å². The zero-order chi connectivity index (χ0) is 14.5. The van der Waals surface area contributed by atoms with Crippen molar-refractivity contribution >= 4 is 5.97 Å². The molecule has 106 valence electrons. The van der Waals surface area contributed by atoms with E-state index in [0.717, 1.165) is 13.0 Å². The van der Waals surface area contributed by atoms with Gasteiger partial charge in [0.1, 0.15) is 5.76 Å². The molecule has 0 fully saturated rings. The first-order chi connectivity index (χ1) is 9.56. The third-order valence-corrected chi connectivity index (χ3v) is 3.21. The van der Waals surface area contributed by atoms with Crippen LogP contribution in [0.15, 0.2) is 40.8 Å². The number of carboxylic acid groups (broad SMARTS) is 1. The van der Waals surface area contributed by atoms with Gasteiger partial charge in [0, 0.05) is 0 Å². The third kappa shape index (κ3) is 3.71. The minimum absolute atomic E-state index is 0.00657. The summed E-state index contributed by atoms with van der Waals surface area (Å²) in [6.07, 6.45) is 0.929. The average Bonchev–Trinajstić information content (AvgIpc) is 2.88. The van der Waals surface area contributed by atoms with Gasteiger partial charge in [0.15, 0.2) is 0 Å². The molecule has 2 rings (SSSR count). The van der Waals surface area contributed by atoms with E-state index in [1.807, 2.05) is 6.92 Å². The lowest BCUT2D eigenvalue weighted by Crippen LogP contribution is -2.21. The van der Waals surface area contributed by atoms with Crippen LogP contribution in [0.4, 0.5) is 0 Å². The van der Waals surface area contributed by atoms with Crippen molar-refractivity contribution in [3.8, 4) is 0 Å². The van der Waals surface area contributed by atoms with Crippen molar-refractivity contribution in [2.75, 3.05) is 6.54 Å². The van der Waals surface area contributed by atoms with E-state index < -0.39 is 5.97 Å². The Balaban J connectivity index is 1.85. The molecule has 0 aliphatic heterocycles. The Morgan fingerprint density at radius 3 is 2.80 bits per heavy atom. The molecule has 0 aliphatic rings. The van der Waals surface area contributed by atoms with Crippen LogP contribution in [-0.2, 0) is 6.42 Å². The van der Waals surface area contributed by atoms with E-state index in [4.69, 9.17) is 9.52 Å². The molecule has 1 aromatic heterocycles. The minimum Gasteiger partial charge on any atom is -0.475 e.